The number of pyridine rings is 1. The molecule has 0 unspecified atom stereocenters. The normalized spacial score (nSPS) is 10.3. The number of halogens is 1. The highest BCUT2D eigenvalue weighted by atomic mass is 35.5. The molecule has 0 spiro atoms. The molecule has 0 fully saturated rings. The van der Waals surface area contributed by atoms with Gasteiger partial charge in [-0.1, -0.05) is 29.9 Å². The Kier molecular flexibility index (Phi) is 4.72. The van der Waals surface area contributed by atoms with Crippen LogP contribution < -0.4 is 10.1 Å². The van der Waals surface area contributed by atoms with Crippen LogP contribution in [-0.4, -0.2) is 21.7 Å². The molecule has 2 heterocycles. The van der Waals surface area contributed by atoms with Crippen LogP contribution in [0.15, 0.2) is 18.5 Å². The summed E-state index contributed by atoms with van der Waals surface area (Å²) in [7, 11) is 0. The van der Waals surface area contributed by atoms with Crippen molar-refractivity contribution < 1.29 is 4.74 Å². The first-order valence-electron chi connectivity index (χ1n) is 5.57. The number of nitrogens with one attached hydrogen (secondary N) is 1. The maximum Gasteiger partial charge on any atom is 0.205 e. The average Bonchev–Trinajstić information content (AvgIpc) is 2.82. The Morgan fingerprint density at radius 2 is 2.28 bits per heavy atom. The van der Waals surface area contributed by atoms with E-state index in [1.165, 1.54) is 11.3 Å². The van der Waals surface area contributed by atoms with Crippen molar-refractivity contribution in [2.24, 2.45) is 0 Å². The largest absolute Gasteiger partial charge is 0.485 e. The van der Waals surface area contributed by atoms with Crippen LogP contribution in [0.3, 0.4) is 0 Å². The molecule has 0 saturated heterocycles. The number of anilines is 1. The lowest BCUT2D eigenvalue weighted by Crippen LogP contribution is -1.98. The third kappa shape index (κ3) is 3.82. The Hall–Kier alpha value is -1.40. The van der Waals surface area contributed by atoms with Crippen LogP contribution in [0.25, 0.3) is 0 Å². The van der Waals surface area contributed by atoms with Gasteiger partial charge in [0, 0.05) is 18.8 Å². The summed E-state index contributed by atoms with van der Waals surface area (Å²) in [5.74, 6) is 0.626. The number of nitrogens with zero attached hydrogens (tertiary/aromatic N) is 3. The lowest BCUT2D eigenvalue weighted by Gasteiger charge is -2.02. The summed E-state index contributed by atoms with van der Waals surface area (Å²) in [5.41, 5.74) is 0. The fourth-order valence-corrected chi connectivity index (χ4v) is 2.07. The SMILES string of the molecule is CCCNc1nnc(COc2cncc(Cl)c2)s1. The van der Waals surface area contributed by atoms with Crippen molar-refractivity contribution in [2.45, 2.75) is 20.0 Å². The van der Waals surface area contributed by atoms with E-state index in [1.807, 2.05) is 0 Å². The number of ether oxygens (including phenoxy) is 1. The molecule has 0 aliphatic carbocycles. The number of hydrogen-bond acceptors (Lipinski definition) is 6. The first-order chi connectivity index (χ1) is 8.78. The van der Waals surface area contributed by atoms with Gasteiger partial charge in [0.1, 0.15) is 12.4 Å². The van der Waals surface area contributed by atoms with Crippen molar-refractivity contribution in [3.63, 3.8) is 0 Å². The topological polar surface area (TPSA) is 59.9 Å². The Morgan fingerprint density at radius 3 is 3.06 bits per heavy atom. The highest BCUT2D eigenvalue weighted by Crippen LogP contribution is 2.19. The molecule has 2 aromatic heterocycles. The molecule has 0 radical (unpaired) electrons. The van der Waals surface area contributed by atoms with Gasteiger partial charge in [0.25, 0.3) is 0 Å². The summed E-state index contributed by atoms with van der Waals surface area (Å²) in [5, 5.41) is 13.4. The van der Waals surface area contributed by atoms with Crippen molar-refractivity contribution in [1.82, 2.24) is 15.2 Å². The lowest BCUT2D eigenvalue weighted by atomic mass is 10.5. The molecule has 1 N–H and O–H groups in total. The Bertz CT molecular complexity index is 505. The van der Waals surface area contributed by atoms with Crippen molar-refractivity contribution in [1.29, 1.82) is 0 Å². The molecule has 0 amide bonds. The van der Waals surface area contributed by atoms with Crippen LogP contribution in [0.1, 0.15) is 18.4 Å². The second-order valence-electron chi connectivity index (χ2n) is 3.56. The van der Waals surface area contributed by atoms with Crippen LogP contribution >= 0.6 is 22.9 Å². The van der Waals surface area contributed by atoms with E-state index >= 15 is 0 Å². The van der Waals surface area contributed by atoms with E-state index in [0.29, 0.717) is 17.4 Å². The maximum atomic E-state index is 5.81. The highest BCUT2D eigenvalue weighted by molar-refractivity contribution is 7.15. The number of rotatable bonds is 6. The minimum Gasteiger partial charge on any atom is -0.485 e. The van der Waals surface area contributed by atoms with Crippen LogP contribution in [0.5, 0.6) is 5.75 Å². The predicted molar refractivity (Wildman–Crippen MR) is 72.3 cm³/mol. The molecular weight excluding hydrogens is 272 g/mol. The standard InChI is InChI=1S/C11H13ClN4OS/c1-2-3-14-11-16-15-10(18-11)7-17-9-4-8(12)5-13-6-9/h4-6H,2-3,7H2,1H3,(H,14,16). The summed E-state index contributed by atoms with van der Waals surface area (Å²) in [6.07, 6.45) is 4.23. The lowest BCUT2D eigenvalue weighted by molar-refractivity contribution is 0.303. The zero-order valence-corrected chi connectivity index (χ0v) is 11.5. The zero-order chi connectivity index (χ0) is 12.8. The van der Waals surface area contributed by atoms with Crippen LogP contribution in [-0.2, 0) is 6.61 Å². The molecule has 0 atom stereocenters. The fourth-order valence-electron chi connectivity index (χ4n) is 1.23. The predicted octanol–water partition coefficient (Wildman–Crippen LogP) is 2.99. The second kappa shape index (κ2) is 6.51. The van der Waals surface area contributed by atoms with Crippen molar-refractivity contribution >= 4 is 28.1 Å². The van der Waals surface area contributed by atoms with E-state index in [2.05, 4.69) is 27.4 Å². The fraction of sp³-hybridized carbons (Fsp3) is 0.364. The Morgan fingerprint density at radius 1 is 1.39 bits per heavy atom. The van der Waals surface area contributed by atoms with Crippen molar-refractivity contribution in [3.05, 3.63) is 28.5 Å². The molecule has 0 aromatic carbocycles. The van der Waals surface area contributed by atoms with Crippen LogP contribution in [0.2, 0.25) is 5.02 Å². The van der Waals surface area contributed by atoms with Crippen molar-refractivity contribution in [3.8, 4) is 5.75 Å². The van der Waals surface area contributed by atoms with Gasteiger partial charge in [-0.25, -0.2) is 0 Å². The monoisotopic (exact) mass is 284 g/mol. The summed E-state index contributed by atoms with van der Waals surface area (Å²) >= 11 is 7.29. The van der Waals surface area contributed by atoms with Gasteiger partial charge < -0.3 is 10.1 Å². The third-order valence-electron chi connectivity index (χ3n) is 2.04. The van der Waals surface area contributed by atoms with E-state index < -0.39 is 0 Å². The minimum absolute atomic E-state index is 0.369. The second-order valence-corrected chi connectivity index (χ2v) is 5.05. The van der Waals surface area contributed by atoms with Gasteiger partial charge in [-0.15, -0.1) is 10.2 Å². The highest BCUT2D eigenvalue weighted by Gasteiger charge is 2.04. The van der Waals surface area contributed by atoms with Crippen molar-refractivity contribution in [2.75, 3.05) is 11.9 Å². The molecule has 2 rings (SSSR count). The van der Waals surface area contributed by atoms with E-state index in [1.54, 1.807) is 18.5 Å². The maximum absolute atomic E-state index is 5.81. The van der Waals surface area contributed by atoms with E-state index in [0.717, 1.165) is 23.1 Å². The van der Waals surface area contributed by atoms with Gasteiger partial charge in [-0.2, -0.15) is 0 Å². The molecule has 0 saturated carbocycles. The van der Waals surface area contributed by atoms with Gasteiger partial charge in [0.2, 0.25) is 5.13 Å². The van der Waals surface area contributed by atoms with Crippen LogP contribution in [0.4, 0.5) is 5.13 Å². The quantitative estimate of drug-likeness (QED) is 0.884. The van der Waals surface area contributed by atoms with E-state index in [-0.39, 0.29) is 0 Å². The molecule has 5 nitrogen and oxygen atoms in total. The zero-order valence-electron chi connectivity index (χ0n) is 9.89. The smallest absolute Gasteiger partial charge is 0.205 e. The van der Waals surface area contributed by atoms with Gasteiger partial charge in [0.05, 0.1) is 11.2 Å². The summed E-state index contributed by atoms with van der Waals surface area (Å²) < 4.78 is 5.52. The molecule has 2 aromatic rings. The van der Waals surface area contributed by atoms with E-state index in [4.69, 9.17) is 16.3 Å². The van der Waals surface area contributed by atoms with Gasteiger partial charge in [-0.05, 0) is 6.42 Å². The van der Waals surface area contributed by atoms with Gasteiger partial charge in [0.15, 0.2) is 5.01 Å². The number of hydrogen-bond donors (Lipinski definition) is 1. The molecule has 7 heteroatoms. The molecule has 0 bridgehead atoms. The Balaban J connectivity index is 1.88. The summed E-state index contributed by atoms with van der Waals surface area (Å²) in [6, 6.07) is 1.71. The molecule has 96 valence electrons. The summed E-state index contributed by atoms with van der Waals surface area (Å²) in [4.78, 5) is 3.94. The minimum atomic E-state index is 0.369. The molecule has 18 heavy (non-hydrogen) atoms. The first kappa shape index (κ1) is 13.0. The summed E-state index contributed by atoms with van der Waals surface area (Å²) in [6.45, 7) is 3.37. The molecule has 0 aliphatic rings. The first-order valence-corrected chi connectivity index (χ1v) is 6.77. The molecule has 0 aliphatic heterocycles. The average molecular weight is 285 g/mol. The van der Waals surface area contributed by atoms with Gasteiger partial charge >= 0.3 is 0 Å². The van der Waals surface area contributed by atoms with Crippen LogP contribution in [0, 0.1) is 0 Å². The van der Waals surface area contributed by atoms with E-state index in [9.17, 15) is 0 Å². The Labute approximate surface area is 114 Å². The molecular formula is C11H13ClN4OS. The number of aromatic nitrogens is 3. The van der Waals surface area contributed by atoms with Gasteiger partial charge in [-0.3, -0.25) is 4.98 Å². The third-order valence-corrected chi connectivity index (χ3v) is 3.10.